The molecule has 0 aromatic rings. The Morgan fingerprint density at radius 2 is 2.50 bits per heavy atom. The second-order valence-corrected chi connectivity index (χ2v) is 3.12. The van der Waals surface area contributed by atoms with E-state index in [4.69, 9.17) is 5.84 Å². The Balaban J connectivity index is 2.42. The molecule has 2 unspecified atom stereocenters. The van der Waals surface area contributed by atoms with E-state index in [1.54, 1.807) is 6.92 Å². The highest BCUT2D eigenvalue weighted by Gasteiger charge is 2.27. The minimum absolute atomic E-state index is 0.205. The third-order valence-corrected chi connectivity index (χ3v) is 2.26. The van der Waals surface area contributed by atoms with E-state index >= 15 is 0 Å². The van der Waals surface area contributed by atoms with Crippen LogP contribution in [0.3, 0.4) is 0 Å². The summed E-state index contributed by atoms with van der Waals surface area (Å²) < 4.78 is 0. The third kappa shape index (κ3) is 1.94. The topological polar surface area (TPSA) is 78.6 Å². The van der Waals surface area contributed by atoms with Crippen molar-refractivity contribution in [2.75, 3.05) is 13.1 Å². The Labute approximate surface area is 71.5 Å². The molecule has 1 heterocycles. The summed E-state index contributed by atoms with van der Waals surface area (Å²) in [5, 5.41) is 9.20. The van der Waals surface area contributed by atoms with Gasteiger partial charge in [0.2, 0.25) is 0 Å². The standard InChI is InChI=1S/C7H15N3O2/c1-5(7(12)9-8)10-3-2-6(11)4-10/h5-6,11H,2-4,8H2,1H3,(H,9,12). The van der Waals surface area contributed by atoms with Crippen molar-refractivity contribution in [3.63, 3.8) is 0 Å². The number of nitrogens with zero attached hydrogens (tertiary/aromatic N) is 1. The van der Waals surface area contributed by atoms with Crippen LogP contribution in [-0.4, -0.2) is 41.1 Å². The number of carbonyl (C=O) groups is 1. The summed E-state index contributed by atoms with van der Waals surface area (Å²) in [4.78, 5) is 13.0. The predicted molar refractivity (Wildman–Crippen MR) is 44.0 cm³/mol. The van der Waals surface area contributed by atoms with Crippen molar-refractivity contribution in [3.05, 3.63) is 0 Å². The Morgan fingerprint density at radius 3 is 2.92 bits per heavy atom. The van der Waals surface area contributed by atoms with Crippen LogP contribution in [0.25, 0.3) is 0 Å². The molecular weight excluding hydrogens is 158 g/mol. The van der Waals surface area contributed by atoms with Gasteiger partial charge in [-0.25, -0.2) is 5.84 Å². The fourth-order valence-electron chi connectivity index (χ4n) is 1.41. The van der Waals surface area contributed by atoms with Crippen LogP contribution < -0.4 is 11.3 Å². The van der Waals surface area contributed by atoms with E-state index < -0.39 is 0 Å². The van der Waals surface area contributed by atoms with Gasteiger partial charge in [-0.1, -0.05) is 0 Å². The van der Waals surface area contributed by atoms with Gasteiger partial charge in [-0.15, -0.1) is 0 Å². The third-order valence-electron chi connectivity index (χ3n) is 2.26. The lowest BCUT2D eigenvalue weighted by Crippen LogP contribution is -2.46. The van der Waals surface area contributed by atoms with E-state index in [1.807, 2.05) is 4.90 Å². The molecule has 4 N–H and O–H groups in total. The molecule has 0 saturated carbocycles. The number of hydrazine groups is 1. The van der Waals surface area contributed by atoms with Crippen molar-refractivity contribution in [2.24, 2.45) is 5.84 Å². The van der Waals surface area contributed by atoms with Crippen molar-refractivity contribution in [1.29, 1.82) is 0 Å². The largest absolute Gasteiger partial charge is 0.392 e. The zero-order chi connectivity index (χ0) is 9.14. The second-order valence-electron chi connectivity index (χ2n) is 3.12. The maximum atomic E-state index is 11.0. The molecule has 1 fully saturated rings. The second kappa shape index (κ2) is 3.84. The van der Waals surface area contributed by atoms with E-state index in [-0.39, 0.29) is 18.1 Å². The van der Waals surface area contributed by atoms with E-state index in [0.29, 0.717) is 6.54 Å². The van der Waals surface area contributed by atoms with E-state index in [1.165, 1.54) is 0 Å². The maximum absolute atomic E-state index is 11.0. The van der Waals surface area contributed by atoms with Gasteiger partial charge < -0.3 is 5.11 Å². The summed E-state index contributed by atoms with van der Waals surface area (Å²) in [5.74, 6) is 4.78. The molecule has 0 aliphatic carbocycles. The molecule has 0 radical (unpaired) electrons. The normalized spacial score (nSPS) is 27.1. The number of likely N-dealkylation sites (tertiary alicyclic amines) is 1. The highest BCUT2D eigenvalue weighted by molar-refractivity contribution is 5.80. The van der Waals surface area contributed by atoms with E-state index in [0.717, 1.165) is 13.0 Å². The van der Waals surface area contributed by atoms with Crippen LogP contribution in [0.2, 0.25) is 0 Å². The van der Waals surface area contributed by atoms with Gasteiger partial charge in [0.05, 0.1) is 12.1 Å². The number of amides is 1. The zero-order valence-corrected chi connectivity index (χ0v) is 7.16. The monoisotopic (exact) mass is 173 g/mol. The Hall–Kier alpha value is -0.650. The minimum Gasteiger partial charge on any atom is -0.392 e. The van der Waals surface area contributed by atoms with Crippen molar-refractivity contribution in [3.8, 4) is 0 Å². The number of rotatable bonds is 2. The summed E-state index contributed by atoms with van der Waals surface area (Å²) in [7, 11) is 0. The molecule has 70 valence electrons. The molecule has 5 heteroatoms. The molecular formula is C7H15N3O2. The molecule has 2 atom stereocenters. The lowest BCUT2D eigenvalue weighted by atomic mass is 10.3. The van der Waals surface area contributed by atoms with E-state index in [2.05, 4.69) is 5.43 Å². The minimum atomic E-state index is -0.293. The number of aliphatic hydroxyl groups excluding tert-OH is 1. The molecule has 0 aromatic heterocycles. The molecule has 0 aromatic carbocycles. The number of nitrogens with one attached hydrogen (secondary N) is 1. The van der Waals surface area contributed by atoms with Crippen molar-refractivity contribution >= 4 is 5.91 Å². The quantitative estimate of drug-likeness (QED) is 0.268. The number of hydrogen-bond donors (Lipinski definition) is 3. The smallest absolute Gasteiger partial charge is 0.250 e. The van der Waals surface area contributed by atoms with Gasteiger partial charge in [0.25, 0.3) is 5.91 Å². The van der Waals surface area contributed by atoms with Crippen molar-refractivity contribution < 1.29 is 9.90 Å². The van der Waals surface area contributed by atoms with Crippen LogP contribution in [0.4, 0.5) is 0 Å². The number of carbonyl (C=O) groups excluding carboxylic acids is 1. The van der Waals surface area contributed by atoms with Crippen LogP contribution >= 0.6 is 0 Å². The van der Waals surface area contributed by atoms with Crippen molar-refractivity contribution in [2.45, 2.75) is 25.5 Å². The first kappa shape index (κ1) is 9.44. The molecule has 1 saturated heterocycles. The van der Waals surface area contributed by atoms with Crippen LogP contribution in [0.15, 0.2) is 0 Å². The number of aliphatic hydroxyl groups is 1. The van der Waals surface area contributed by atoms with Crippen LogP contribution in [-0.2, 0) is 4.79 Å². The van der Waals surface area contributed by atoms with Crippen molar-refractivity contribution in [1.82, 2.24) is 10.3 Å². The maximum Gasteiger partial charge on any atom is 0.250 e. The highest BCUT2D eigenvalue weighted by atomic mass is 16.3. The first-order valence-electron chi connectivity index (χ1n) is 4.07. The highest BCUT2D eigenvalue weighted by Crippen LogP contribution is 2.11. The predicted octanol–water partition coefficient (Wildman–Crippen LogP) is -1.57. The summed E-state index contributed by atoms with van der Waals surface area (Å²) in [6.07, 6.45) is 0.445. The Bertz CT molecular complexity index is 174. The summed E-state index contributed by atoms with van der Waals surface area (Å²) in [6.45, 7) is 3.10. The van der Waals surface area contributed by atoms with Crippen LogP contribution in [0, 0.1) is 0 Å². The van der Waals surface area contributed by atoms with Gasteiger partial charge in [0, 0.05) is 13.1 Å². The van der Waals surface area contributed by atoms with Gasteiger partial charge >= 0.3 is 0 Å². The fourth-order valence-corrected chi connectivity index (χ4v) is 1.41. The molecule has 1 amide bonds. The van der Waals surface area contributed by atoms with Crippen LogP contribution in [0.1, 0.15) is 13.3 Å². The molecule has 0 bridgehead atoms. The molecule has 1 aliphatic heterocycles. The first-order chi connectivity index (χ1) is 5.65. The Morgan fingerprint density at radius 1 is 1.83 bits per heavy atom. The molecule has 12 heavy (non-hydrogen) atoms. The van der Waals surface area contributed by atoms with Gasteiger partial charge in [-0.05, 0) is 13.3 Å². The average molecular weight is 173 g/mol. The SMILES string of the molecule is CC(C(=O)NN)N1CCC(O)C1. The van der Waals surface area contributed by atoms with E-state index in [9.17, 15) is 9.90 Å². The molecule has 1 aliphatic rings. The molecule has 5 nitrogen and oxygen atoms in total. The number of hydrogen-bond acceptors (Lipinski definition) is 4. The van der Waals surface area contributed by atoms with Gasteiger partial charge in [0.1, 0.15) is 0 Å². The first-order valence-corrected chi connectivity index (χ1v) is 4.07. The molecule has 1 rings (SSSR count). The summed E-state index contributed by atoms with van der Waals surface area (Å²) in [6, 6.07) is -0.243. The fraction of sp³-hybridized carbons (Fsp3) is 0.857. The molecule has 0 spiro atoms. The number of nitrogens with two attached hydrogens (primary N) is 1. The number of β-amino-alcohol motifs (C(OH)–C–C–N with tert-alkyl or cyclic N) is 1. The van der Waals surface area contributed by atoms with Crippen LogP contribution in [0.5, 0.6) is 0 Å². The lowest BCUT2D eigenvalue weighted by molar-refractivity contribution is -0.125. The lowest BCUT2D eigenvalue weighted by Gasteiger charge is -2.21. The average Bonchev–Trinajstić information content (AvgIpc) is 2.49. The van der Waals surface area contributed by atoms with Gasteiger partial charge in [0.15, 0.2) is 0 Å². The van der Waals surface area contributed by atoms with Gasteiger partial charge in [-0.2, -0.15) is 0 Å². The summed E-state index contributed by atoms with van der Waals surface area (Å²) >= 11 is 0. The zero-order valence-electron chi connectivity index (χ0n) is 7.16. The summed E-state index contributed by atoms with van der Waals surface area (Å²) in [5.41, 5.74) is 2.09. The van der Waals surface area contributed by atoms with Gasteiger partial charge in [-0.3, -0.25) is 15.1 Å². The Kier molecular flexibility index (Phi) is 3.02.